The number of non-ortho nitro benzene ring substituents is 1. The molecule has 0 bridgehead atoms. The first-order valence-corrected chi connectivity index (χ1v) is 5.52. The first-order chi connectivity index (χ1) is 9.20. The lowest BCUT2D eigenvalue weighted by molar-refractivity contribution is -0.384. The highest BCUT2D eigenvalue weighted by Gasteiger charge is 2.05. The van der Waals surface area contributed by atoms with Gasteiger partial charge >= 0.3 is 0 Å². The average molecular weight is 254 g/mol. The Hall–Kier alpha value is -2.94. The fourth-order valence-corrected chi connectivity index (χ4v) is 1.57. The van der Waals surface area contributed by atoms with Gasteiger partial charge in [-0.15, -0.1) is 0 Å². The lowest BCUT2D eigenvalue weighted by Crippen LogP contribution is -2.01. The molecule has 94 valence electrons. The Bertz CT molecular complexity index is 632. The highest BCUT2D eigenvalue weighted by Crippen LogP contribution is 2.15. The molecule has 1 aromatic carbocycles. The summed E-state index contributed by atoms with van der Waals surface area (Å²) in [5.41, 5.74) is 2.10. The molecule has 19 heavy (non-hydrogen) atoms. The van der Waals surface area contributed by atoms with Gasteiger partial charge in [-0.2, -0.15) is 5.26 Å². The van der Waals surface area contributed by atoms with E-state index in [4.69, 9.17) is 5.26 Å². The normalized spacial score (nSPS) is 9.63. The maximum absolute atomic E-state index is 10.5. The smallest absolute Gasteiger partial charge is 0.269 e. The van der Waals surface area contributed by atoms with Crippen molar-refractivity contribution in [3.8, 4) is 6.07 Å². The van der Waals surface area contributed by atoms with Crippen LogP contribution in [0.25, 0.3) is 0 Å². The van der Waals surface area contributed by atoms with Crippen molar-refractivity contribution in [1.82, 2.24) is 4.98 Å². The summed E-state index contributed by atoms with van der Waals surface area (Å²) in [4.78, 5) is 14.0. The maximum atomic E-state index is 10.5. The van der Waals surface area contributed by atoms with Gasteiger partial charge in [-0.25, -0.2) is 0 Å². The summed E-state index contributed by atoms with van der Waals surface area (Å²) in [5.74, 6) is 0. The van der Waals surface area contributed by atoms with Crippen molar-refractivity contribution in [2.45, 2.75) is 6.54 Å². The van der Waals surface area contributed by atoms with Crippen molar-refractivity contribution in [2.24, 2.45) is 0 Å². The molecule has 1 heterocycles. The van der Waals surface area contributed by atoms with E-state index in [-0.39, 0.29) is 5.69 Å². The standard InChI is InChI=1S/C13H10N4O2/c14-7-11-5-6-15-9-13(11)16-8-10-1-3-12(4-2-10)17(18)19/h1-6,9,16H,8H2. The van der Waals surface area contributed by atoms with E-state index in [1.54, 1.807) is 30.6 Å². The molecule has 0 aliphatic heterocycles. The van der Waals surface area contributed by atoms with Gasteiger partial charge in [0, 0.05) is 24.9 Å². The fourth-order valence-electron chi connectivity index (χ4n) is 1.57. The molecule has 0 fully saturated rings. The van der Waals surface area contributed by atoms with Crippen LogP contribution in [0.5, 0.6) is 0 Å². The zero-order valence-electron chi connectivity index (χ0n) is 9.91. The Morgan fingerprint density at radius 2 is 2.05 bits per heavy atom. The van der Waals surface area contributed by atoms with Crippen molar-refractivity contribution in [3.63, 3.8) is 0 Å². The lowest BCUT2D eigenvalue weighted by Gasteiger charge is -2.07. The number of hydrogen-bond acceptors (Lipinski definition) is 5. The number of nitrogens with one attached hydrogen (secondary N) is 1. The Balaban J connectivity index is 2.06. The van der Waals surface area contributed by atoms with E-state index in [2.05, 4.69) is 16.4 Å². The molecule has 0 unspecified atom stereocenters. The Labute approximate surface area is 109 Å². The zero-order valence-corrected chi connectivity index (χ0v) is 9.91. The van der Waals surface area contributed by atoms with Crippen LogP contribution < -0.4 is 5.32 Å². The second kappa shape index (κ2) is 5.60. The van der Waals surface area contributed by atoms with Crippen molar-refractivity contribution in [1.29, 1.82) is 5.26 Å². The summed E-state index contributed by atoms with van der Waals surface area (Å²) in [7, 11) is 0. The van der Waals surface area contributed by atoms with Crippen LogP contribution >= 0.6 is 0 Å². The van der Waals surface area contributed by atoms with Gasteiger partial charge in [-0.3, -0.25) is 15.1 Å². The van der Waals surface area contributed by atoms with Crippen LogP contribution in [-0.4, -0.2) is 9.91 Å². The second-order valence-electron chi connectivity index (χ2n) is 3.81. The Morgan fingerprint density at radius 1 is 1.32 bits per heavy atom. The number of nitro benzene ring substituents is 1. The number of aromatic nitrogens is 1. The number of nitriles is 1. The number of nitro groups is 1. The molecule has 0 saturated carbocycles. The molecule has 0 saturated heterocycles. The van der Waals surface area contributed by atoms with E-state index in [0.717, 1.165) is 5.56 Å². The SMILES string of the molecule is N#Cc1ccncc1NCc1ccc([N+](=O)[O-])cc1. The van der Waals surface area contributed by atoms with Crippen LogP contribution in [-0.2, 0) is 6.54 Å². The van der Waals surface area contributed by atoms with Gasteiger partial charge in [0.05, 0.1) is 22.4 Å². The van der Waals surface area contributed by atoms with Crippen molar-refractivity contribution in [3.05, 3.63) is 64.0 Å². The van der Waals surface area contributed by atoms with Gasteiger partial charge in [0.2, 0.25) is 0 Å². The number of hydrogen-bond donors (Lipinski definition) is 1. The topological polar surface area (TPSA) is 91.8 Å². The molecule has 1 aromatic heterocycles. The summed E-state index contributed by atoms with van der Waals surface area (Å²) in [5, 5.41) is 22.5. The third-order valence-corrected chi connectivity index (χ3v) is 2.57. The summed E-state index contributed by atoms with van der Waals surface area (Å²) in [6.45, 7) is 0.471. The van der Waals surface area contributed by atoms with Crippen LogP contribution in [0.4, 0.5) is 11.4 Å². The van der Waals surface area contributed by atoms with Gasteiger partial charge in [-0.05, 0) is 11.6 Å². The molecule has 0 amide bonds. The molecule has 0 radical (unpaired) electrons. The van der Waals surface area contributed by atoms with Gasteiger partial charge < -0.3 is 5.32 Å². The number of pyridine rings is 1. The second-order valence-corrected chi connectivity index (χ2v) is 3.81. The summed E-state index contributed by atoms with van der Waals surface area (Å²) in [6.07, 6.45) is 3.12. The number of rotatable bonds is 4. The first kappa shape index (κ1) is 12.5. The van der Waals surface area contributed by atoms with Crippen molar-refractivity contribution >= 4 is 11.4 Å². The molecule has 2 rings (SSSR count). The minimum absolute atomic E-state index is 0.0582. The van der Waals surface area contributed by atoms with E-state index in [1.807, 2.05) is 0 Å². The maximum Gasteiger partial charge on any atom is 0.269 e. The number of nitrogens with zero attached hydrogens (tertiary/aromatic N) is 3. The van der Waals surface area contributed by atoms with Crippen LogP contribution in [0.3, 0.4) is 0 Å². The van der Waals surface area contributed by atoms with Gasteiger partial charge in [0.25, 0.3) is 5.69 Å². The molecular formula is C13H10N4O2. The summed E-state index contributed by atoms with van der Waals surface area (Å²) >= 11 is 0. The van der Waals surface area contributed by atoms with Crippen LogP contribution in [0.1, 0.15) is 11.1 Å². The number of anilines is 1. The van der Waals surface area contributed by atoms with Crippen LogP contribution in [0.15, 0.2) is 42.7 Å². The Morgan fingerprint density at radius 3 is 2.68 bits per heavy atom. The van der Waals surface area contributed by atoms with Crippen molar-refractivity contribution < 1.29 is 4.92 Å². The van der Waals surface area contributed by atoms with E-state index >= 15 is 0 Å². The highest BCUT2D eigenvalue weighted by atomic mass is 16.6. The largest absolute Gasteiger partial charge is 0.379 e. The predicted molar refractivity (Wildman–Crippen MR) is 69.4 cm³/mol. The minimum Gasteiger partial charge on any atom is -0.379 e. The fraction of sp³-hybridized carbons (Fsp3) is 0.0769. The van der Waals surface area contributed by atoms with E-state index in [9.17, 15) is 10.1 Å². The third-order valence-electron chi connectivity index (χ3n) is 2.57. The zero-order chi connectivity index (χ0) is 13.7. The molecule has 1 N–H and O–H groups in total. The monoisotopic (exact) mass is 254 g/mol. The molecule has 6 nitrogen and oxygen atoms in total. The molecule has 0 aliphatic rings. The minimum atomic E-state index is -0.438. The van der Waals surface area contributed by atoms with Gasteiger partial charge in [0.15, 0.2) is 0 Å². The lowest BCUT2D eigenvalue weighted by atomic mass is 10.2. The predicted octanol–water partition coefficient (Wildman–Crippen LogP) is 2.47. The van der Waals surface area contributed by atoms with Crippen molar-refractivity contribution in [2.75, 3.05) is 5.32 Å². The van der Waals surface area contributed by atoms with Crippen LogP contribution in [0.2, 0.25) is 0 Å². The first-order valence-electron chi connectivity index (χ1n) is 5.52. The third kappa shape index (κ3) is 3.04. The van der Waals surface area contributed by atoms with E-state index in [1.165, 1.54) is 12.1 Å². The molecule has 0 spiro atoms. The highest BCUT2D eigenvalue weighted by molar-refractivity contribution is 5.55. The quantitative estimate of drug-likeness (QED) is 0.668. The summed E-state index contributed by atoms with van der Waals surface area (Å²) < 4.78 is 0. The van der Waals surface area contributed by atoms with Gasteiger partial charge in [-0.1, -0.05) is 12.1 Å². The van der Waals surface area contributed by atoms with E-state index in [0.29, 0.717) is 17.8 Å². The average Bonchev–Trinajstić information content (AvgIpc) is 2.45. The molecule has 0 atom stereocenters. The molecule has 6 heteroatoms. The van der Waals surface area contributed by atoms with Gasteiger partial charge in [0.1, 0.15) is 6.07 Å². The molecule has 0 aliphatic carbocycles. The molecule has 2 aromatic rings. The Kier molecular flexibility index (Phi) is 3.69. The summed E-state index contributed by atoms with van der Waals surface area (Å²) in [6, 6.07) is 9.94. The van der Waals surface area contributed by atoms with E-state index < -0.39 is 4.92 Å². The van der Waals surface area contributed by atoms with Crippen LogP contribution in [0, 0.1) is 21.4 Å². The number of benzene rings is 1. The molecular weight excluding hydrogens is 244 g/mol.